The van der Waals surface area contributed by atoms with E-state index in [4.69, 9.17) is 0 Å². The molecule has 1 aliphatic rings. The number of fused-ring (bicyclic) bond motifs is 3. The lowest BCUT2D eigenvalue weighted by molar-refractivity contribution is 0.629. The molecule has 7 nitrogen and oxygen atoms in total. The van der Waals surface area contributed by atoms with Crippen molar-refractivity contribution in [2.45, 2.75) is 13.0 Å². The van der Waals surface area contributed by atoms with E-state index in [0.717, 1.165) is 24.3 Å². The number of pyridine rings is 1. The quantitative estimate of drug-likeness (QED) is 0.723. The number of anilines is 1. The summed E-state index contributed by atoms with van der Waals surface area (Å²) >= 11 is 0. The summed E-state index contributed by atoms with van der Waals surface area (Å²) in [7, 11) is 0. The fraction of sp³-hybridized carbons (Fsp3) is 0.231. The molecular weight excluding hydrogens is 256 g/mol. The fourth-order valence-electron chi connectivity index (χ4n) is 2.53. The van der Waals surface area contributed by atoms with E-state index < -0.39 is 0 Å². The lowest BCUT2D eigenvalue weighted by Crippen LogP contribution is -2.23. The Morgan fingerprint density at radius 3 is 2.95 bits per heavy atom. The van der Waals surface area contributed by atoms with Gasteiger partial charge in [-0.3, -0.25) is 0 Å². The highest BCUT2D eigenvalue weighted by Gasteiger charge is 2.18. The smallest absolute Gasteiger partial charge is 0.351 e. The van der Waals surface area contributed by atoms with Crippen molar-refractivity contribution in [3.8, 4) is 0 Å². The molecule has 0 aliphatic carbocycles. The van der Waals surface area contributed by atoms with Crippen LogP contribution in [0.1, 0.15) is 11.5 Å². The molecule has 1 aliphatic heterocycles. The van der Waals surface area contributed by atoms with Gasteiger partial charge in [-0.25, -0.2) is 23.8 Å². The molecule has 7 heteroatoms. The molecule has 0 fully saturated rings. The van der Waals surface area contributed by atoms with Gasteiger partial charge in [0, 0.05) is 25.4 Å². The van der Waals surface area contributed by atoms with Gasteiger partial charge in [0.05, 0.1) is 11.4 Å². The molecule has 0 spiro atoms. The highest BCUT2D eigenvalue weighted by Crippen LogP contribution is 2.21. The number of hydrogen-bond donors (Lipinski definition) is 1. The van der Waals surface area contributed by atoms with Crippen molar-refractivity contribution in [3.05, 3.63) is 52.6 Å². The first-order valence-corrected chi connectivity index (χ1v) is 6.44. The van der Waals surface area contributed by atoms with Crippen LogP contribution in [0.3, 0.4) is 0 Å². The van der Waals surface area contributed by atoms with Crippen LogP contribution in [0.15, 0.2) is 35.4 Å². The van der Waals surface area contributed by atoms with E-state index in [1.807, 2.05) is 12.1 Å². The van der Waals surface area contributed by atoms with Crippen LogP contribution < -0.4 is 11.0 Å². The Bertz CT molecular complexity index is 835. The molecule has 1 N–H and O–H groups in total. The summed E-state index contributed by atoms with van der Waals surface area (Å²) in [5.41, 5.74) is 2.52. The minimum Gasteiger partial charge on any atom is -0.383 e. The molecule has 0 aromatic carbocycles. The minimum absolute atomic E-state index is 0.145. The lowest BCUT2D eigenvalue weighted by atomic mass is 10.3. The molecule has 100 valence electrons. The number of hydrogen-bond acceptors (Lipinski definition) is 5. The molecule has 4 rings (SSSR count). The predicted octanol–water partition coefficient (Wildman–Crippen LogP) is 0.302. The summed E-state index contributed by atoms with van der Waals surface area (Å²) in [5.74, 6) is 0.577. The van der Waals surface area contributed by atoms with Gasteiger partial charge in [-0.1, -0.05) is 0 Å². The fourth-order valence-corrected chi connectivity index (χ4v) is 2.53. The van der Waals surface area contributed by atoms with Crippen LogP contribution in [0.2, 0.25) is 0 Å². The van der Waals surface area contributed by atoms with Gasteiger partial charge in [-0.05, 0) is 18.2 Å². The average Bonchev–Trinajstić information content (AvgIpc) is 3.05. The van der Waals surface area contributed by atoms with Crippen LogP contribution in [0, 0.1) is 0 Å². The molecule has 0 bridgehead atoms. The third-order valence-corrected chi connectivity index (χ3v) is 3.43. The minimum atomic E-state index is -0.145. The van der Waals surface area contributed by atoms with Crippen molar-refractivity contribution in [1.82, 2.24) is 24.1 Å². The Morgan fingerprint density at radius 2 is 2.10 bits per heavy atom. The molecule has 4 heterocycles. The molecule has 0 saturated carbocycles. The van der Waals surface area contributed by atoms with E-state index in [9.17, 15) is 4.79 Å². The van der Waals surface area contributed by atoms with Gasteiger partial charge < -0.3 is 5.32 Å². The second-order valence-corrected chi connectivity index (χ2v) is 4.67. The molecule has 0 unspecified atom stereocenters. The van der Waals surface area contributed by atoms with Crippen molar-refractivity contribution in [3.63, 3.8) is 0 Å². The van der Waals surface area contributed by atoms with E-state index in [1.54, 1.807) is 22.9 Å². The number of nitrogens with zero attached hydrogens (tertiary/aromatic N) is 5. The standard InChI is InChI=1S/C13H12N6O/c20-13-18(8-11-15-5-1-6-16-11)17-12-3-2-9-10(19(12)13)4-7-14-9/h1-3,5-6,14H,4,7-8H2. The zero-order chi connectivity index (χ0) is 13.5. The highest BCUT2D eigenvalue weighted by atomic mass is 16.2. The van der Waals surface area contributed by atoms with E-state index >= 15 is 0 Å². The van der Waals surface area contributed by atoms with Crippen LogP contribution in [-0.2, 0) is 13.0 Å². The van der Waals surface area contributed by atoms with Crippen molar-refractivity contribution < 1.29 is 0 Å². The maximum atomic E-state index is 12.5. The van der Waals surface area contributed by atoms with Gasteiger partial charge in [0.15, 0.2) is 5.65 Å². The van der Waals surface area contributed by atoms with Gasteiger partial charge in [0.2, 0.25) is 0 Å². The Labute approximate surface area is 113 Å². The van der Waals surface area contributed by atoms with E-state index in [2.05, 4.69) is 20.4 Å². The summed E-state index contributed by atoms with van der Waals surface area (Å²) < 4.78 is 3.07. The van der Waals surface area contributed by atoms with E-state index in [1.165, 1.54) is 4.68 Å². The number of aromatic nitrogens is 5. The zero-order valence-electron chi connectivity index (χ0n) is 10.7. The molecular formula is C13H12N6O. The van der Waals surface area contributed by atoms with Crippen molar-refractivity contribution in [2.75, 3.05) is 11.9 Å². The molecule has 3 aromatic rings. The maximum absolute atomic E-state index is 12.5. The average molecular weight is 268 g/mol. The first-order valence-electron chi connectivity index (χ1n) is 6.44. The summed E-state index contributed by atoms with van der Waals surface area (Å²) in [5, 5.41) is 7.60. The Hall–Kier alpha value is -2.70. The molecule has 20 heavy (non-hydrogen) atoms. The first-order chi connectivity index (χ1) is 9.83. The lowest BCUT2D eigenvalue weighted by Gasteiger charge is -2.00. The van der Waals surface area contributed by atoms with E-state index in [0.29, 0.717) is 11.5 Å². The molecule has 0 radical (unpaired) electrons. The topological polar surface area (TPSA) is 77.1 Å². The number of nitrogens with one attached hydrogen (secondary N) is 1. The Morgan fingerprint density at radius 1 is 1.25 bits per heavy atom. The van der Waals surface area contributed by atoms with Crippen molar-refractivity contribution in [2.24, 2.45) is 0 Å². The molecule has 0 saturated heterocycles. The Balaban J connectivity index is 1.86. The van der Waals surface area contributed by atoms with Crippen molar-refractivity contribution in [1.29, 1.82) is 0 Å². The van der Waals surface area contributed by atoms with Gasteiger partial charge >= 0.3 is 5.69 Å². The second kappa shape index (κ2) is 4.16. The maximum Gasteiger partial charge on any atom is 0.351 e. The third-order valence-electron chi connectivity index (χ3n) is 3.43. The largest absolute Gasteiger partial charge is 0.383 e. The predicted molar refractivity (Wildman–Crippen MR) is 72.8 cm³/mol. The molecule has 0 amide bonds. The molecule has 3 aromatic heterocycles. The van der Waals surface area contributed by atoms with Crippen LogP contribution in [0.25, 0.3) is 5.65 Å². The SMILES string of the molecule is O=c1n(Cc2ncccn2)nc2ccc3c(n12)CCN3. The highest BCUT2D eigenvalue weighted by molar-refractivity contribution is 5.58. The summed E-state index contributed by atoms with van der Waals surface area (Å²) in [6.07, 6.45) is 4.15. The normalized spacial score (nSPS) is 13.4. The zero-order valence-corrected chi connectivity index (χ0v) is 10.7. The monoisotopic (exact) mass is 268 g/mol. The van der Waals surface area contributed by atoms with Gasteiger partial charge in [0.1, 0.15) is 12.4 Å². The van der Waals surface area contributed by atoms with Gasteiger partial charge in [-0.2, -0.15) is 0 Å². The van der Waals surface area contributed by atoms with Crippen LogP contribution in [0.4, 0.5) is 5.69 Å². The van der Waals surface area contributed by atoms with Crippen LogP contribution in [0.5, 0.6) is 0 Å². The second-order valence-electron chi connectivity index (χ2n) is 4.67. The summed E-state index contributed by atoms with van der Waals surface area (Å²) in [6, 6.07) is 5.56. The third kappa shape index (κ3) is 1.59. The van der Waals surface area contributed by atoms with E-state index in [-0.39, 0.29) is 12.2 Å². The van der Waals surface area contributed by atoms with Crippen LogP contribution in [-0.4, -0.2) is 30.7 Å². The summed E-state index contributed by atoms with van der Waals surface area (Å²) in [6.45, 7) is 1.14. The molecule has 0 atom stereocenters. The Kier molecular flexibility index (Phi) is 2.32. The number of rotatable bonds is 2. The summed E-state index contributed by atoms with van der Waals surface area (Å²) in [4.78, 5) is 20.7. The first kappa shape index (κ1) is 11.2. The van der Waals surface area contributed by atoms with Gasteiger partial charge in [-0.15, -0.1) is 5.10 Å². The van der Waals surface area contributed by atoms with Crippen molar-refractivity contribution >= 4 is 11.3 Å². The van der Waals surface area contributed by atoms with Gasteiger partial charge in [0.25, 0.3) is 0 Å². The van der Waals surface area contributed by atoms with Crippen LogP contribution >= 0.6 is 0 Å².